The summed E-state index contributed by atoms with van der Waals surface area (Å²) in [7, 11) is 0. The van der Waals surface area contributed by atoms with Gasteiger partial charge in [-0.2, -0.15) is 0 Å². The minimum atomic E-state index is 0.580. The highest BCUT2D eigenvalue weighted by Gasteiger charge is 2.25. The van der Waals surface area contributed by atoms with Crippen LogP contribution in [0.15, 0.2) is 34.8 Å². The summed E-state index contributed by atoms with van der Waals surface area (Å²) in [6, 6.07) is 10.1. The molecule has 0 aliphatic heterocycles. The molecule has 0 radical (unpaired) electrons. The lowest BCUT2D eigenvalue weighted by Gasteiger charge is -2.05. The summed E-state index contributed by atoms with van der Waals surface area (Å²) in [5.41, 5.74) is 8.14. The minimum Gasteiger partial charge on any atom is -0.384 e. The van der Waals surface area contributed by atoms with Crippen molar-refractivity contribution < 1.29 is 0 Å². The summed E-state index contributed by atoms with van der Waals surface area (Å²) in [4.78, 5) is 8.93. The van der Waals surface area contributed by atoms with Crippen LogP contribution in [0.3, 0.4) is 0 Å². The highest BCUT2D eigenvalue weighted by Crippen LogP contribution is 2.39. The Morgan fingerprint density at radius 2 is 2.06 bits per heavy atom. The van der Waals surface area contributed by atoms with Crippen molar-refractivity contribution in [2.75, 3.05) is 5.73 Å². The van der Waals surface area contributed by atoms with Crippen molar-refractivity contribution in [3.63, 3.8) is 0 Å². The monoisotopic (exact) mass is 303 g/mol. The van der Waals surface area contributed by atoms with Crippen molar-refractivity contribution in [1.82, 2.24) is 9.97 Å². The predicted octanol–water partition coefficient (Wildman–Crippen LogP) is 3.29. The van der Waals surface area contributed by atoms with Crippen molar-refractivity contribution in [1.29, 1.82) is 0 Å². The molecule has 0 amide bonds. The van der Waals surface area contributed by atoms with Crippen molar-refractivity contribution in [2.24, 2.45) is 0 Å². The molecular weight excluding hydrogens is 290 g/mol. The van der Waals surface area contributed by atoms with Crippen LogP contribution in [0.5, 0.6) is 0 Å². The van der Waals surface area contributed by atoms with Crippen LogP contribution in [0, 0.1) is 0 Å². The molecule has 3 nitrogen and oxygen atoms in total. The minimum absolute atomic E-state index is 0.580. The van der Waals surface area contributed by atoms with Gasteiger partial charge in [0.25, 0.3) is 0 Å². The number of nitrogen functional groups attached to an aromatic ring is 1. The highest BCUT2D eigenvalue weighted by atomic mass is 79.9. The maximum Gasteiger partial charge on any atom is 0.135 e. The molecule has 2 N–H and O–H groups in total. The lowest BCUT2D eigenvalue weighted by atomic mass is 10.1. The number of hydrogen-bond donors (Lipinski definition) is 1. The van der Waals surface area contributed by atoms with E-state index in [0.29, 0.717) is 11.7 Å². The van der Waals surface area contributed by atoms with Gasteiger partial charge in [0.2, 0.25) is 0 Å². The number of nitrogens with zero attached hydrogens (tertiary/aromatic N) is 2. The summed E-state index contributed by atoms with van der Waals surface area (Å²) in [6.07, 6.45) is 3.18. The number of aromatic nitrogens is 2. The van der Waals surface area contributed by atoms with Gasteiger partial charge in [-0.05, 0) is 30.5 Å². The first-order chi connectivity index (χ1) is 8.70. The Labute approximate surface area is 115 Å². The van der Waals surface area contributed by atoms with E-state index in [-0.39, 0.29) is 0 Å². The van der Waals surface area contributed by atoms with E-state index in [1.807, 2.05) is 18.2 Å². The fourth-order valence-electron chi connectivity index (χ4n) is 2.04. The van der Waals surface area contributed by atoms with E-state index in [9.17, 15) is 0 Å². The molecule has 1 aromatic carbocycles. The van der Waals surface area contributed by atoms with Gasteiger partial charge in [-0.1, -0.05) is 28.1 Å². The van der Waals surface area contributed by atoms with Crippen LogP contribution >= 0.6 is 15.9 Å². The topological polar surface area (TPSA) is 51.8 Å². The Kier molecular flexibility index (Phi) is 3.04. The molecule has 0 bridgehead atoms. The van der Waals surface area contributed by atoms with E-state index in [1.165, 1.54) is 18.4 Å². The van der Waals surface area contributed by atoms with Crippen LogP contribution < -0.4 is 5.73 Å². The largest absolute Gasteiger partial charge is 0.384 e. The SMILES string of the molecule is Nc1cc(C2CC2)nc(Cc2cccc(Br)c2)n1. The van der Waals surface area contributed by atoms with Gasteiger partial charge < -0.3 is 5.73 Å². The Hall–Kier alpha value is -1.42. The zero-order valence-electron chi connectivity index (χ0n) is 9.94. The summed E-state index contributed by atoms with van der Waals surface area (Å²) in [5.74, 6) is 2.00. The third-order valence-corrected chi connectivity index (χ3v) is 3.55. The molecule has 1 saturated carbocycles. The van der Waals surface area contributed by atoms with Gasteiger partial charge in [0.05, 0.1) is 0 Å². The molecule has 1 aromatic heterocycles. The van der Waals surface area contributed by atoms with Crippen LogP contribution in [-0.2, 0) is 6.42 Å². The smallest absolute Gasteiger partial charge is 0.135 e. The second-order valence-corrected chi connectivity index (χ2v) is 5.63. The van der Waals surface area contributed by atoms with Gasteiger partial charge >= 0.3 is 0 Å². The first kappa shape index (κ1) is 11.7. The van der Waals surface area contributed by atoms with Gasteiger partial charge in [0.1, 0.15) is 11.6 Å². The standard InChI is InChI=1S/C14H14BrN3/c15-11-3-1-2-9(6-11)7-14-17-12(10-4-5-10)8-13(16)18-14/h1-3,6,8,10H,4-5,7H2,(H2,16,17,18). The van der Waals surface area contributed by atoms with Crippen LogP contribution in [0.4, 0.5) is 5.82 Å². The van der Waals surface area contributed by atoms with E-state index in [0.717, 1.165) is 22.4 Å². The first-order valence-electron chi connectivity index (χ1n) is 6.08. The number of anilines is 1. The number of nitrogens with two attached hydrogens (primary N) is 1. The first-order valence-corrected chi connectivity index (χ1v) is 6.88. The normalized spacial score (nSPS) is 14.7. The maximum atomic E-state index is 5.85. The van der Waals surface area contributed by atoms with Gasteiger partial charge in [-0.25, -0.2) is 9.97 Å². The zero-order valence-corrected chi connectivity index (χ0v) is 11.5. The number of rotatable bonds is 3. The Morgan fingerprint density at radius 1 is 1.22 bits per heavy atom. The maximum absolute atomic E-state index is 5.85. The summed E-state index contributed by atoms with van der Waals surface area (Å²) < 4.78 is 1.08. The Balaban J connectivity index is 1.87. The molecule has 1 aliphatic rings. The molecule has 4 heteroatoms. The molecule has 0 unspecified atom stereocenters. The fraction of sp³-hybridized carbons (Fsp3) is 0.286. The number of halogens is 1. The second-order valence-electron chi connectivity index (χ2n) is 4.71. The summed E-state index contributed by atoms with van der Waals surface area (Å²) in [5, 5.41) is 0. The second kappa shape index (κ2) is 4.69. The van der Waals surface area contributed by atoms with Gasteiger partial charge in [-0.3, -0.25) is 0 Å². The van der Waals surface area contributed by atoms with Crippen molar-refractivity contribution in [3.05, 3.63) is 51.9 Å². The lowest BCUT2D eigenvalue weighted by Crippen LogP contribution is -2.03. The van der Waals surface area contributed by atoms with E-state index in [4.69, 9.17) is 5.73 Å². The average molecular weight is 304 g/mol. The third-order valence-electron chi connectivity index (χ3n) is 3.06. The molecule has 0 atom stereocenters. The zero-order chi connectivity index (χ0) is 12.5. The van der Waals surface area contributed by atoms with E-state index in [1.54, 1.807) is 0 Å². The van der Waals surface area contributed by atoms with Gasteiger partial charge in [0.15, 0.2) is 0 Å². The third kappa shape index (κ3) is 2.70. The summed E-state index contributed by atoms with van der Waals surface area (Å²) >= 11 is 3.47. The van der Waals surface area contributed by atoms with Crippen LogP contribution in [0.25, 0.3) is 0 Å². The van der Waals surface area contributed by atoms with Crippen molar-refractivity contribution in [3.8, 4) is 0 Å². The molecule has 3 rings (SSSR count). The van der Waals surface area contributed by atoms with Gasteiger partial charge in [-0.15, -0.1) is 0 Å². The summed E-state index contributed by atoms with van der Waals surface area (Å²) in [6.45, 7) is 0. The van der Waals surface area contributed by atoms with E-state index in [2.05, 4.69) is 38.0 Å². The molecule has 92 valence electrons. The van der Waals surface area contributed by atoms with E-state index < -0.39 is 0 Å². The molecule has 1 fully saturated rings. The molecule has 0 saturated heterocycles. The Bertz CT molecular complexity index is 579. The molecule has 1 heterocycles. The molecule has 2 aromatic rings. The molecular formula is C14H14BrN3. The van der Waals surface area contributed by atoms with Crippen molar-refractivity contribution in [2.45, 2.75) is 25.2 Å². The average Bonchev–Trinajstić information content (AvgIpc) is 3.11. The number of hydrogen-bond acceptors (Lipinski definition) is 3. The Morgan fingerprint density at radius 3 is 2.78 bits per heavy atom. The lowest BCUT2D eigenvalue weighted by molar-refractivity contribution is 0.904. The fourth-order valence-corrected chi connectivity index (χ4v) is 2.48. The molecule has 1 aliphatic carbocycles. The highest BCUT2D eigenvalue weighted by molar-refractivity contribution is 9.10. The molecule has 0 spiro atoms. The predicted molar refractivity (Wildman–Crippen MR) is 75.4 cm³/mol. The van der Waals surface area contributed by atoms with Gasteiger partial charge in [0, 0.05) is 28.6 Å². The van der Waals surface area contributed by atoms with Crippen LogP contribution in [0.2, 0.25) is 0 Å². The van der Waals surface area contributed by atoms with Crippen molar-refractivity contribution >= 4 is 21.7 Å². The number of benzene rings is 1. The van der Waals surface area contributed by atoms with Crippen LogP contribution in [-0.4, -0.2) is 9.97 Å². The molecule has 18 heavy (non-hydrogen) atoms. The van der Waals surface area contributed by atoms with E-state index >= 15 is 0 Å². The quantitative estimate of drug-likeness (QED) is 0.946. The van der Waals surface area contributed by atoms with Crippen LogP contribution in [0.1, 0.15) is 35.8 Å².